The fourth-order valence-electron chi connectivity index (χ4n) is 1.71. The van der Waals surface area contributed by atoms with Crippen LogP contribution < -0.4 is 16.4 Å². The van der Waals surface area contributed by atoms with E-state index in [1.54, 1.807) is 18.2 Å². The third-order valence-electron chi connectivity index (χ3n) is 2.64. The number of rotatable bonds is 4. The van der Waals surface area contributed by atoms with Gasteiger partial charge < -0.3 is 21.5 Å². The van der Waals surface area contributed by atoms with Crippen LogP contribution in [0.1, 0.15) is 5.56 Å². The fraction of sp³-hybridized carbons (Fsp3) is 0.0714. The number of phenolic OH excluding ortho intramolecular Hbond substituents is 1. The molecule has 0 heterocycles. The summed E-state index contributed by atoms with van der Waals surface area (Å²) in [5, 5.41) is 15.2. The van der Waals surface area contributed by atoms with E-state index in [-0.39, 0.29) is 5.75 Å². The van der Waals surface area contributed by atoms with Crippen LogP contribution in [0.5, 0.6) is 5.75 Å². The highest BCUT2D eigenvalue weighted by atomic mass is 79.9. The third kappa shape index (κ3) is 3.89. The molecule has 2 aromatic carbocycles. The summed E-state index contributed by atoms with van der Waals surface area (Å²) < 4.78 is 0.654. The summed E-state index contributed by atoms with van der Waals surface area (Å²) in [5.74, 6) is 0.210. The Morgan fingerprint density at radius 2 is 1.95 bits per heavy atom. The minimum atomic E-state index is -0.593. The Balaban J connectivity index is 2.03. The first kappa shape index (κ1) is 14.2. The van der Waals surface area contributed by atoms with Gasteiger partial charge in [0.05, 0.1) is 4.47 Å². The fourth-order valence-corrected chi connectivity index (χ4v) is 2.14. The second kappa shape index (κ2) is 6.29. The Kier molecular flexibility index (Phi) is 4.47. The van der Waals surface area contributed by atoms with Crippen LogP contribution in [0.15, 0.2) is 46.9 Å². The molecular weight excluding hydrogens is 322 g/mol. The normalized spacial score (nSPS) is 10.1. The monoisotopic (exact) mass is 335 g/mol. The largest absolute Gasteiger partial charge is 0.507 e. The van der Waals surface area contributed by atoms with Crippen molar-refractivity contribution in [2.24, 2.45) is 5.73 Å². The molecule has 0 aliphatic heterocycles. The van der Waals surface area contributed by atoms with Crippen molar-refractivity contribution >= 4 is 33.3 Å². The van der Waals surface area contributed by atoms with E-state index in [4.69, 9.17) is 5.73 Å². The van der Waals surface area contributed by atoms with Crippen LogP contribution in [0.4, 0.5) is 16.2 Å². The summed E-state index contributed by atoms with van der Waals surface area (Å²) in [7, 11) is 0. The van der Waals surface area contributed by atoms with Crippen LogP contribution in [0, 0.1) is 0 Å². The molecule has 6 heteroatoms. The molecule has 0 aliphatic carbocycles. The molecule has 0 saturated carbocycles. The molecule has 0 fully saturated rings. The number of amides is 2. The van der Waals surface area contributed by atoms with Crippen molar-refractivity contribution in [3.8, 4) is 5.75 Å². The van der Waals surface area contributed by atoms with Gasteiger partial charge in [-0.15, -0.1) is 0 Å². The van der Waals surface area contributed by atoms with E-state index in [2.05, 4.69) is 26.6 Å². The molecule has 0 aliphatic rings. The highest BCUT2D eigenvalue weighted by molar-refractivity contribution is 9.10. The maximum atomic E-state index is 10.8. The molecule has 0 spiro atoms. The van der Waals surface area contributed by atoms with E-state index >= 15 is 0 Å². The topological polar surface area (TPSA) is 87.4 Å². The van der Waals surface area contributed by atoms with E-state index in [0.29, 0.717) is 16.7 Å². The molecule has 0 aromatic heterocycles. The summed E-state index contributed by atoms with van der Waals surface area (Å²) in [6, 6.07) is 12.0. The number of carbonyl (C=O) groups excluding carboxylic acids is 1. The SMILES string of the molecule is NC(=O)Nc1cccc(NCc2ccc(O)c(Br)c2)c1. The second-order valence-corrected chi connectivity index (χ2v) is 5.06. The number of carbonyl (C=O) groups is 1. The van der Waals surface area contributed by atoms with Crippen molar-refractivity contribution in [3.05, 3.63) is 52.5 Å². The van der Waals surface area contributed by atoms with E-state index < -0.39 is 6.03 Å². The molecule has 20 heavy (non-hydrogen) atoms. The van der Waals surface area contributed by atoms with Crippen LogP contribution in [-0.2, 0) is 6.54 Å². The van der Waals surface area contributed by atoms with E-state index in [0.717, 1.165) is 11.3 Å². The van der Waals surface area contributed by atoms with Crippen molar-refractivity contribution in [2.75, 3.05) is 10.6 Å². The molecule has 2 aromatic rings. The number of nitrogens with two attached hydrogens (primary N) is 1. The zero-order valence-corrected chi connectivity index (χ0v) is 12.1. The molecule has 0 unspecified atom stereocenters. The van der Waals surface area contributed by atoms with Crippen LogP contribution >= 0.6 is 15.9 Å². The molecule has 0 atom stereocenters. The van der Waals surface area contributed by atoms with Gasteiger partial charge in [-0.3, -0.25) is 0 Å². The number of urea groups is 1. The predicted octanol–water partition coefficient (Wildman–Crippen LogP) is 3.26. The van der Waals surface area contributed by atoms with Gasteiger partial charge in [-0.25, -0.2) is 4.79 Å². The molecule has 2 rings (SSSR count). The maximum absolute atomic E-state index is 10.8. The minimum absolute atomic E-state index is 0.210. The standard InChI is InChI=1S/C14H14BrN3O2/c15-12-6-9(4-5-13(12)19)8-17-10-2-1-3-11(7-10)18-14(16)20/h1-7,17,19H,8H2,(H3,16,18,20). The Hall–Kier alpha value is -2.21. The van der Waals surface area contributed by atoms with Gasteiger partial charge in [-0.1, -0.05) is 12.1 Å². The number of phenols is 1. The summed E-state index contributed by atoms with van der Waals surface area (Å²) in [5.41, 5.74) is 7.58. The highest BCUT2D eigenvalue weighted by Crippen LogP contribution is 2.25. The molecule has 5 nitrogen and oxygen atoms in total. The Morgan fingerprint density at radius 1 is 1.20 bits per heavy atom. The summed E-state index contributed by atoms with van der Waals surface area (Å²) >= 11 is 3.27. The molecule has 0 saturated heterocycles. The van der Waals surface area contributed by atoms with Crippen LogP contribution in [0.3, 0.4) is 0 Å². The summed E-state index contributed by atoms with van der Waals surface area (Å²) in [6.45, 7) is 0.596. The Labute approximate surface area is 124 Å². The van der Waals surface area contributed by atoms with Crippen molar-refractivity contribution in [1.29, 1.82) is 0 Å². The van der Waals surface area contributed by atoms with E-state index in [1.807, 2.05) is 24.3 Å². The van der Waals surface area contributed by atoms with Gasteiger partial charge in [0.1, 0.15) is 5.75 Å². The number of halogens is 1. The van der Waals surface area contributed by atoms with Crippen molar-refractivity contribution < 1.29 is 9.90 Å². The smallest absolute Gasteiger partial charge is 0.316 e. The summed E-state index contributed by atoms with van der Waals surface area (Å²) in [6.07, 6.45) is 0. The van der Waals surface area contributed by atoms with Gasteiger partial charge in [0.15, 0.2) is 0 Å². The number of benzene rings is 2. The van der Waals surface area contributed by atoms with Gasteiger partial charge in [-0.2, -0.15) is 0 Å². The predicted molar refractivity (Wildman–Crippen MR) is 82.8 cm³/mol. The first-order valence-corrected chi connectivity index (χ1v) is 6.71. The van der Waals surface area contributed by atoms with Gasteiger partial charge in [-0.05, 0) is 51.8 Å². The lowest BCUT2D eigenvalue weighted by molar-refractivity contribution is 0.259. The third-order valence-corrected chi connectivity index (χ3v) is 3.27. The van der Waals surface area contributed by atoms with Crippen LogP contribution in [0.2, 0.25) is 0 Å². The summed E-state index contributed by atoms with van der Waals surface area (Å²) in [4.78, 5) is 10.8. The second-order valence-electron chi connectivity index (χ2n) is 4.21. The number of aromatic hydroxyl groups is 1. The zero-order chi connectivity index (χ0) is 14.5. The molecule has 2 amide bonds. The van der Waals surface area contributed by atoms with E-state index in [1.165, 1.54) is 0 Å². The van der Waals surface area contributed by atoms with Crippen LogP contribution in [-0.4, -0.2) is 11.1 Å². The zero-order valence-electron chi connectivity index (χ0n) is 10.6. The molecule has 104 valence electrons. The number of hydrogen-bond donors (Lipinski definition) is 4. The molecule has 0 bridgehead atoms. The average Bonchev–Trinajstić information content (AvgIpc) is 2.40. The Bertz CT molecular complexity index is 632. The molecule has 5 N–H and O–H groups in total. The van der Waals surface area contributed by atoms with E-state index in [9.17, 15) is 9.90 Å². The Morgan fingerprint density at radius 3 is 2.65 bits per heavy atom. The number of anilines is 2. The molecule has 0 radical (unpaired) electrons. The minimum Gasteiger partial charge on any atom is -0.507 e. The quantitative estimate of drug-likeness (QED) is 0.691. The maximum Gasteiger partial charge on any atom is 0.316 e. The lowest BCUT2D eigenvalue weighted by Gasteiger charge is -2.09. The highest BCUT2D eigenvalue weighted by Gasteiger charge is 2.01. The van der Waals surface area contributed by atoms with Crippen molar-refractivity contribution in [1.82, 2.24) is 0 Å². The lowest BCUT2D eigenvalue weighted by atomic mass is 10.2. The van der Waals surface area contributed by atoms with Crippen LogP contribution in [0.25, 0.3) is 0 Å². The lowest BCUT2D eigenvalue weighted by Crippen LogP contribution is -2.19. The average molecular weight is 336 g/mol. The van der Waals surface area contributed by atoms with Gasteiger partial charge in [0, 0.05) is 17.9 Å². The number of primary amides is 1. The van der Waals surface area contributed by atoms with Gasteiger partial charge in [0.2, 0.25) is 0 Å². The number of hydrogen-bond acceptors (Lipinski definition) is 3. The first-order chi connectivity index (χ1) is 9.54. The first-order valence-electron chi connectivity index (χ1n) is 5.92. The van der Waals surface area contributed by atoms with Crippen molar-refractivity contribution in [2.45, 2.75) is 6.54 Å². The molecular formula is C14H14BrN3O2. The van der Waals surface area contributed by atoms with Crippen molar-refractivity contribution in [3.63, 3.8) is 0 Å². The number of nitrogens with one attached hydrogen (secondary N) is 2. The van der Waals surface area contributed by atoms with Gasteiger partial charge in [0.25, 0.3) is 0 Å². The van der Waals surface area contributed by atoms with Gasteiger partial charge >= 0.3 is 6.03 Å².